The average Bonchev–Trinajstić information content (AvgIpc) is 2.28. The lowest BCUT2D eigenvalue weighted by atomic mass is 9.77. The first-order valence-corrected chi connectivity index (χ1v) is 4.89. The van der Waals surface area contributed by atoms with Gasteiger partial charge in [0.05, 0.1) is 5.92 Å². The molecule has 1 aliphatic heterocycles. The second-order valence-electron chi connectivity index (χ2n) is 4.35. The van der Waals surface area contributed by atoms with Crippen molar-refractivity contribution in [2.24, 2.45) is 17.8 Å². The summed E-state index contributed by atoms with van der Waals surface area (Å²) >= 11 is 0. The van der Waals surface area contributed by atoms with Crippen LogP contribution in [0, 0.1) is 17.8 Å². The summed E-state index contributed by atoms with van der Waals surface area (Å²) < 4.78 is 5.31. The van der Waals surface area contributed by atoms with E-state index in [2.05, 4.69) is 6.92 Å². The summed E-state index contributed by atoms with van der Waals surface area (Å²) in [5.41, 5.74) is 0. The fraction of sp³-hybridized carbons (Fsp3) is 0.900. The topological polar surface area (TPSA) is 26.3 Å². The standard InChI is InChI=1S/C10H16O2/c1-6-3-4-8-7(2)10(11)12-9(8)5-6/h6-9H,3-5H2,1-2H3/t6-,7-,8+,9+/m0/s1. The first kappa shape index (κ1) is 8.09. The van der Waals surface area contributed by atoms with Crippen LogP contribution in [0.3, 0.4) is 0 Å². The molecule has 1 saturated heterocycles. The van der Waals surface area contributed by atoms with Crippen LogP contribution in [-0.2, 0) is 9.53 Å². The van der Waals surface area contributed by atoms with Crippen LogP contribution >= 0.6 is 0 Å². The summed E-state index contributed by atoms with van der Waals surface area (Å²) in [5.74, 6) is 1.44. The minimum atomic E-state index is 0.0269. The third-order valence-electron chi connectivity index (χ3n) is 3.39. The van der Waals surface area contributed by atoms with Crippen LogP contribution in [0.2, 0.25) is 0 Å². The second-order valence-corrected chi connectivity index (χ2v) is 4.35. The molecule has 0 amide bonds. The lowest BCUT2D eigenvalue weighted by Crippen LogP contribution is -2.27. The summed E-state index contributed by atoms with van der Waals surface area (Å²) in [6, 6.07) is 0. The van der Waals surface area contributed by atoms with Crippen LogP contribution in [0.5, 0.6) is 0 Å². The van der Waals surface area contributed by atoms with Crippen molar-refractivity contribution in [2.75, 3.05) is 0 Å². The lowest BCUT2D eigenvalue weighted by molar-refractivity contribution is -0.144. The largest absolute Gasteiger partial charge is 0.462 e. The molecule has 0 aromatic carbocycles. The third kappa shape index (κ3) is 1.13. The van der Waals surface area contributed by atoms with Gasteiger partial charge in [-0.15, -0.1) is 0 Å². The van der Waals surface area contributed by atoms with E-state index >= 15 is 0 Å². The molecule has 2 fully saturated rings. The van der Waals surface area contributed by atoms with Crippen molar-refractivity contribution in [1.29, 1.82) is 0 Å². The number of carbonyl (C=O) groups is 1. The molecular weight excluding hydrogens is 152 g/mol. The van der Waals surface area contributed by atoms with Gasteiger partial charge in [0.25, 0.3) is 0 Å². The van der Waals surface area contributed by atoms with Gasteiger partial charge in [0.15, 0.2) is 0 Å². The molecule has 68 valence electrons. The van der Waals surface area contributed by atoms with E-state index in [4.69, 9.17) is 4.74 Å². The van der Waals surface area contributed by atoms with Crippen molar-refractivity contribution in [1.82, 2.24) is 0 Å². The number of hydrogen-bond acceptors (Lipinski definition) is 2. The van der Waals surface area contributed by atoms with Gasteiger partial charge >= 0.3 is 5.97 Å². The highest BCUT2D eigenvalue weighted by atomic mass is 16.6. The molecule has 1 saturated carbocycles. The second kappa shape index (κ2) is 2.75. The Labute approximate surface area is 73.3 Å². The zero-order chi connectivity index (χ0) is 8.72. The Morgan fingerprint density at radius 1 is 1.33 bits per heavy atom. The fourth-order valence-electron chi connectivity index (χ4n) is 2.49. The zero-order valence-corrected chi connectivity index (χ0v) is 7.75. The Morgan fingerprint density at radius 3 is 2.83 bits per heavy atom. The minimum Gasteiger partial charge on any atom is -0.462 e. The first-order chi connectivity index (χ1) is 5.68. The van der Waals surface area contributed by atoms with Gasteiger partial charge in [-0.2, -0.15) is 0 Å². The maximum Gasteiger partial charge on any atom is 0.309 e. The minimum absolute atomic E-state index is 0.0269. The van der Waals surface area contributed by atoms with Gasteiger partial charge in [-0.1, -0.05) is 20.3 Å². The molecule has 0 bridgehead atoms. The molecule has 1 heterocycles. The van der Waals surface area contributed by atoms with Gasteiger partial charge in [0.1, 0.15) is 6.10 Å². The van der Waals surface area contributed by atoms with Gasteiger partial charge in [0, 0.05) is 5.92 Å². The smallest absolute Gasteiger partial charge is 0.309 e. The van der Waals surface area contributed by atoms with Gasteiger partial charge < -0.3 is 4.74 Å². The summed E-state index contributed by atoms with van der Waals surface area (Å²) in [6.45, 7) is 4.25. The molecule has 0 unspecified atom stereocenters. The SMILES string of the molecule is C[C@H]1CC[C@@H]2[C@H](C)C(=O)O[C@@H]2C1. The van der Waals surface area contributed by atoms with Crippen molar-refractivity contribution < 1.29 is 9.53 Å². The van der Waals surface area contributed by atoms with Crippen molar-refractivity contribution in [3.8, 4) is 0 Å². The highest BCUT2D eigenvalue weighted by Crippen LogP contribution is 2.40. The molecular formula is C10H16O2. The van der Waals surface area contributed by atoms with Crippen molar-refractivity contribution in [3.63, 3.8) is 0 Å². The van der Waals surface area contributed by atoms with E-state index in [9.17, 15) is 4.79 Å². The molecule has 2 rings (SSSR count). The third-order valence-corrected chi connectivity index (χ3v) is 3.39. The number of ether oxygens (including phenoxy) is 1. The van der Waals surface area contributed by atoms with Crippen LogP contribution in [0.15, 0.2) is 0 Å². The van der Waals surface area contributed by atoms with Crippen molar-refractivity contribution >= 4 is 5.97 Å². The number of fused-ring (bicyclic) bond motifs is 1. The summed E-state index contributed by atoms with van der Waals surface area (Å²) in [6.07, 6.45) is 3.78. The maximum atomic E-state index is 11.2. The number of esters is 1. The molecule has 0 aromatic rings. The van der Waals surface area contributed by atoms with Crippen molar-refractivity contribution in [3.05, 3.63) is 0 Å². The molecule has 0 N–H and O–H groups in total. The van der Waals surface area contributed by atoms with Crippen LogP contribution in [0.4, 0.5) is 0 Å². The quantitative estimate of drug-likeness (QED) is 0.517. The maximum absolute atomic E-state index is 11.2. The predicted octanol–water partition coefficient (Wildman–Crippen LogP) is 1.98. The van der Waals surface area contributed by atoms with Crippen molar-refractivity contribution in [2.45, 2.75) is 39.2 Å². The van der Waals surface area contributed by atoms with Gasteiger partial charge in [-0.05, 0) is 18.8 Å². The van der Waals surface area contributed by atoms with E-state index < -0.39 is 0 Å². The lowest BCUT2D eigenvalue weighted by Gasteiger charge is -2.28. The summed E-state index contributed by atoms with van der Waals surface area (Å²) in [4.78, 5) is 11.2. The zero-order valence-electron chi connectivity index (χ0n) is 7.75. The predicted molar refractivity (Wildman–Crippen MR) is 45.5 cm³/mol. The summed E-state index contributed by atoms with van der Waals surface area (Å²) in [7, 11) is 0. The molecule has 0 aromatic heterocycles. The van der Waals surface area contributed by atoms with E-state index in [1.54, 1.807) is 0 Å². The normalized spacial score (nSPS) is 47.0. The molecule has 12 heavy (non-hydrogen) atoms. The van der Waals surface area contributed by atoms with E-state index in [0.29, 0.717) is 5.92 Å². The Balaban J connectivity index is 2.09. The van der Waals surface area contributed by atoms with Gasteiger partial charge in [-0.3, -0.25) is 4.79 Å². The Morgan fingerprint density at radius 2 is 2.08 bits per heavy atom. The van der Waals surface area contributed by atoms with Crippen LogP contribution in [0.25, 0.3) is 0 Å². The highest BCUT2D eigenvalue weighted by molar-refractivity contribution is 5.74. The molecule has 2 aliphatic rings. The van der Waals surface area contributed by atoms with E-state index in [1.165, 1.54) is 12.8 Å². The first-order valence-electron chi connectivity index (χ1n) is 4.89. The van der Waals surface area contributed by atoms with E-state index in [0.717, 1.165) is 12.3 Å². The molecule has 2 nitrogen and oxygen atoms in total. The van der Waals surface area contributed by atoms with E-state index in [-0.39, 0.29) is 18.0 Å². The van der Waals surface area contributed by atoms with Crippen LogP contribution in [-0.4, -0.2) is 12.1 Å². The monoisotopic (exact) mass is 168 g/mol. The Bertz CT molecular complexity index is 200. The number of hydrogen-bond donors (Lipinski definition) is 0. The van der Waals surface area contributed by atoms with Crippen LogP contribution < -0.4 is 0 Å². The highest BCUT2D eigenvalue weighted by Gasteiger charge is 2.43. The molecule has 1 aliphatic carbocycles. The summed E-state index contributed by atoms with van der Waals surface area (Å²) in [5, 5.41) is 0. The Kier molecular flexibility index (Phi) is 1.85. The van der Waals surface area contributed by atoms with E-state index in [1.807, 2.05) is 6.92 Å². The number of carbonyl (C=O) groups excluding carboxylic acids is 1. The Hall–Kier alpha value is -0.530. The van der Waals surface area contributed by atoms with Crippen LogP contribution in [0.1, 0.15) is 33.1 Å². The van der Waals surface area contributed by atoms with Gasteiger partial charge in [0.2, 0.25) is 0 Å². The molecule has 0 spiro atoms. The average molecular weight is 168 g/mol. The van der Waals surface area contributed by atoms with Gasteiger partial charge in [-0.25, -0.2) is 0 Å². The number of rotatable bonds is 0. The molecule has 0 radical (unpaired) electrons. The molecule has 4 atom stereocenters. The fourth-order valence-corrected chi connectivity index (χ4v) is 2.49. The molecule has 2 heteroatoms.